The molecule has 2 unspecified atom stereocenters. The van der Waals surface area contributed by atoms with Crippen molar-refractivity contribution < 1.29 is 31.2 Å². The maximum Gasteiger partial charge on any atom is 0.416 e. The number of likely N-dealkylation sites (tertiary alicyclic amines) is 1. The highest BCUT2D eigenvalue weighted by molar-refractivity contribution is 7.89. The zero-order valence-corrected chi connectivity index (χ0v) is 20.0. The lowest BCUT2D eigenvalue weighted by Gasteiger charge is -2.44. The standard InChI is InChI=1S/C23H30F3N3O4S/c1-4-21(30)27-19-12-15(2)29(16(3)13-19)34(32,33)20-8-10-28(11-9-20)22(31)17-6-5-7-18(14-17)23(24,25)26/h4-7,14-16,19-20H,1,8-13H2,2-3H3,(H,27,30). The summed E-state index contributed by atoms with van der Waals surface area (Å²) in [6, 6.07) is 3.49. The lowest BCUT2D eigenvalue weighted by atomic mass is 9.95. The summed E-state index contributed by atoms with van der Waals surface area (Å²) in [6.45, 7) is 7.35. The van der Waals surface area contributed by atoms with E-state index in [0.717, 1.165) is 12.1 Å². The Bertz CT molecular complexity index is 1020. The molecular formula is C23H30F3N3O4S. The topological polar surface area (TPSA) is 86.8 Å². The lowest BCUT2D eigenvalue weighted by Crippen LogP contribution is -2.57. The summed E-state index contributed by atoms with van der Waals surface area (Å²) in [4.78, 5) is 25.8. The maximum absolute atomic E-state index is 13.4. The summed E-state index contributed by atoms with van der Waals surface area (Å²) in [5.74, 6) is -0.832. The maximum atomic E-state index is 13.4. The molecule has 2 aliphatic heterocycles. The minimum atomic E-state index is -4.55. The zero-order valence-electron chi connectivity index (χ0n) is 19.2. The van der Waals surface area contributed by atoms with Gasteiger partial charge >= 0.3 is 6.18 Å². The van der Waals surface area contributed by atoms with Crippen LogP contribution in [0.4, 0.5) is 13.2 Å². The second-order valence-electron chi connectivity index (χ2n) is 9.02. The molecule has 2 heterocycles. The summed E-state index contributed by atoms with van der Waals surface area (Å²) < 4.78 is 67.3. The second kappa shape index (κ2) is 10.1. The van der Waals surface area contributed by atoms with Crippen molar-refractivity contribution in [3.8, 4) is 0 Å². The molecule has 3 rings (SSSR count). The van der Waals surface area contributed by atoms with Crippen molar-refractivity contribution in [1.29, 1.82) is 0 Å². The molecule has 188 valence electrons. The Balaban J connectivity index is 1.65. The smallest absolute Gasteiger partial charge is 0.350 e. The summed E-state index contributed by atoms with van der Waals surface area (Å²) >= 11 is 0. The number of halogens is 3. The van der Waals surface area contributed by atoms with Crippen LogP contribution in [0.15, 0.2) is 36.9 Å². The molecule has 0 aliphatic carbocycles. The van der Waals surface area contributed by atoms with E-state index in [1.165, 1.54) is 27.4 Å². The normalized spacial score (nSPS) is 25.1. The molecule has 2 amide bonds. The van der Waals surface area contributed by atoms with Gasteiger partial charge in [-0.1, -0.05) is 12.6 Å². The van der Waals surface area contributed by atoms with Crippen LogP contribution < -0.4 is 5.32 Å². The molecule has 11 heteroatoms. The van der Waals surface area contributed by atoms with E-state index >= 15 is 0 Å². The fourth-order valence-electron chi connectivity index (χ4n) is 4.98. The van der Waals surface area contributed by atoms with Crippen LogP contribution in [0.3, 0.4) is 0 Å². The van der Waals surface area contributed by atoms with Crippen LogP contribution in [0.1, 0.15) is 55.5 Å². The van der Waals surface area contributed by atoms with Crippen molar-refractivity contribution in [3.63, 3.8) is 0 Å². The number of sulfonamides is 1. The molecule has 2 aliphatic rings. The first-order chi connectivity index (χ1) is 15.8. The van der Waals surface area contributed by atoms with Gasteiger partial charge in [0.05, 0.1) is 10.8 Å². The Morgan fingerprint density at radius 1 is 1.12 bits per heavy atom. The quantitative estimate of drug-likeness (QED) is 0.628. The van der Waals surface area contributed by atoms with Gasteiger partial charge in [0.15, 0.2) is 0 Å². The Morgan fingerprint density at radius 3 is 2.24 bits per heavy atom. The van der Waals surface area contributed by atoms with E-state index in [9.17, 15) is 31.2 Å². The molecule has 1 aromatic carbocycles. The Hall–Kier alpha value is -2.40. The van der Waals surface area contributed by atoms with Crippen molar-refractivity contribution >= 4 is 21.8 Å². The van der Waals surface area contributed by atoms with Crippen LogP contribution in [0.2, 0.25) is 0 Å². The van der Waals surface area contributed by atoms with Crippen LogP contribution in [0, 0.1) is 0 Å². The van der Waals surface area contributed by atoms with Crippen molar-refractivity contribution in [2.75, 3.05) is 13.1 Å². The third-order valence-corrected chi connectivity index (χ3v) is 9.15. The number of rotatable bonds is 5. The average molecular weight is 502 g/mol. The third-order valence-electron chi connectivity index (χ3n) is 6.53. The van der Waals surface area contributed by atoms with Crippen molar-refractivity contribution in [2.45, 2.75) is 69.1 Å². The number of piperidine rings is 2. The first-order valence-electron chi connectivity index (χ1n) is 11.3. The van der Waals surface area contributed by atoms with E-state index in [2.05, 4.69) is 11.9 Å². The Kier molecular flexibility index (Phi) is 7.76. The number of alkyl halides is 3. The summed E-state index contributed by atoms with van der Waals surface area (Å²) in [5, 5.41) is 2.16. The van der Waals surface area contributed by atoms with Gasteiger partial charge in [0, 0.05) is 36.8 Å². The van der Waals surface area contributed by atoms with E-state index in [1.54, 1.807) is 0 Å². The number of nitrogens with one attached hydrogen (secondary N) is 1. The fraction of sp³-hybridized carbons (Fsp3) is 0.565. The number of nitrogens with zero attached hydrogens (tertiary/aromatic N) is 2. The first kappa shape index (κ1) is 26.2. The van der Waals surface area contributed by atoms with Gasteiger partial charge in [0.25, 0.3) is 5.91 Å². The van der Waals surface area contributed by atoms with Crippen LogP contribution in [-0.4, -0.2) is 65.9 Å². The molecule has 1 aromatic rings. The lowest BCUT2D eigenvalue weighted by molar-refractivity contribution is -0.137. The van der Waals surface area contributed by atoms with Gasteiger partial charge in [-0.15, -0.1) is 0 Å². The zero-order chi connectivity index (χ0) is 25.3. The number of benzene rings is 1. The molecular weight excluding hydrogens is 471 g/mol. The van der Waals surface area contributed by atoms with E-state index in [-0.39, 0.29) is 55.5 Å². The van der Waals surface area contributed by atoms with Gasteiger partial charge in [0.1, 0.15) is 0 Å². The van der Waals surface area contributed by atoms with Crippen LogP contribution in [0.25, 0.3) is 0 Å². The van der Waals surface area contributed by atoms with Gasteiger partial charge in [-0.05, 0) is 63.8 Å². The molecule has 0 saturated carbocycles. The minimum Gasteiger partial charge on any atom is -0.350 e. The van der Waals surface area contributed by atoms with Gasteiger partial charge in [-0.3, -0.25) is 9.59 Å². The number of amides is 2. The Morgan fingerprint density at radius 2 is 1.71 bits per heavy atom. The second-order valence-corrected chi connectivity index (χ2v) is 11.1. The van der Waals surface area contributed by atoms with Gasteiger partial charge in [-0.25, -0.2) is 8.42 Å². The number of hydrogen-bond donors (Lipinski definition) is 1. The van der Waals surface area contributed by atoms with E-state index in [4.69, 9.17) is 0 Å². The van der Waals surface area contributed by atoms with E-state index in [0.29, 0.717) is 12.8 Å². The summed E-state index contributed by atoms with van der Waals surface area (Å²) in [7, 11) is -3.67. The molecule has 0 spiro atoms. The average Bonchev–Trinajstić information content (AvgIpc) is 2.77. The molecule has 0 radical (unpaired) electrons. The predicted molar refractivity (Wildman–Crippen MR) is 121 cm³/mol. The minimum absolute atomic E-state index is 0.0676. The van der Waals surface area contributed by atoms with Gasteiger partial charge < -0.3 is 10.2 Å². The number of hydrogen-bond acceptors (Lipinski definition) is 4. The SMILES string of the molecule is C=CC(=O)NC1CC(C)N(S(=O)(=O)C2CCN(C(=O)c3cccc(C(F)(F)F)c3)CC2)C(C)C1. The number of carbonyl (C=O) groups is 2. The van der Waals surface area contributed by atoms with Crippen LogP contribution in [0.5, 0.6) is 0 Å². The van der Waals surface area contributed by atoms with Gasteiger partial charge in [0.2, 0.25) is 15.9 Å². The van der Waals surface area contributed by atoms with E-state index in [1.807, 2.05) is 13.8 Å². The molecule has 7 nitrogen and oxygen atoms in total. The molecule has 2 saturated heterocycles. The summed E-state index contributed by atoms with van der Waals surface area (Å²) in [6.07, 6.45) is -1.98. The van der Waals surface area contributed by atoms with Crippen molar-refractivity contribution in [3.05, 3.63) is 48.0 Å². The highest BCUT2D eigenvalue weighted by atomic mass is 32.2. The highest BCUT2D eigenvalue weighted by Gasteiger charge is 2.43. The van der Waals surface area contributed by atoms with Crippen molar-refractivity contribution in [1.82, 2.24) is 14.5 Å². The Labute approximate surface area is 198 Å². The van der Waals surface area contributed by atoms with E-state index < -0.39 is 32.9 Å². The molecule has 2 fully saturated rings. The third kappa shape index (κ3) is 5.63. The van der Waals surface area contributed by atoms with Gasteiger partial charge in [-0.2, -0.15) is 17.5 Å². The molecule has 0 aromatic heterocycles. The molecule has 1 N–H and O–H groups in total. The van der Waals surface area contributed by atoms with Crippen LogP contribution in [-0.2, 0) is 21.0 Å². The first-order valence-corrected chi connectivity index (χ1v) is 12.8. The molecule has 34 heavy (non-hydrogen) atoms. The summed E-state index contributed by atoms with van der Waals surface area (Å²) in [5.41, 5.74) is -0.964. The number of carbonyl (C=O) groups excluding carboxylic acids is 2. The largest absolute Gasteiger partial charge is 0.416 e. The predicted octanol–water partition coefficient (Wildman–Crippen LogP) is 3.18. The fourth-order valence-corrected chi connectivity index (χ4v) is 7.31. The van der Waals surface area contributed by atoms with Crippen molar-refractivity contribution in [2.24, 2.45) is 0 Å². The monoisotopic (exact) mass is 501 g/mol. The molecule has 2 atom stereocenters. The molecule has 0 bridgehead atoms. The van der Waals surface area contributed by atoms with Crippen LogP contribution >= 0.6 is 0 Å². The highest BCUT2D eigenvalue weighted by Crippen LogP contribution is 2.32.